The van der Waals surface area contributed by atoms with E-state index in [1.54, 1.807) is 12.1 Å². The van der Waals surface area contributed by atoms with E-state index < -0.39 is 4.92 Å². The number of carbonyl (C=O) groups excluding carboxylic acids is 1. The van der Waals surface area contributed by atoms with Gasteiger partial charge in [-0.2, -0.15) is 0 Å². The monoisotopic (exact) mass is 305 g/mol. The van der Waals surface area contributed by atoms with E-state index in [1.807, 2.05) is 6.92 Å². The fraction of sp³-hybridized carbons (Fsp3) is 0.562. The van der Waals surface area contributed by atoms with Gasteiger partial charge < -0.3 is 5.32 Å². The molecule has 1 atom stereocenters. The van der Waals surface area contributed by atoms with Crippen molar-refractivity contribution in [2.24, 2.45) is 0 Å². The summed E-state index contributed by atoms with van der Waals surface area (Å²) in [6, 6.07) is 5.83. The molecule has 0 radical (unpaired) electrons. The van der Waals surface area contributed by atoms with E-state index in [9.17, 15) is 14.9 Å². The second kappa shape index (κ2) is 7.89. The number of nitrogens with zero attached hydrogens (tertiary/aromatic N) is 2. The summed E-state index contributed by atoms with van der Waals surface area (Å²) in [5.74, 6) is -0.110. The molecule has 0 aliphatic carbocycles. The van der Waals surface area contributed by atoms with Crippen molar-refractivity contribution < 1.29 is 9.72 Å². The Hall–Kier alpha value is -1.95. The lowest BCUT2D eigenvalue weighted by Gasteiger charge is -2.29. The van der Waals surface area contributed by atoms with E-state index in [1.165, 1.54) is 31.4 Å². The van der Waals surface area contributed by atoms with Gasteiger partial charge in [-0.3, -0.25) is 19.8 Å². The van der Waals surface area contributed by atoms with Gasteiger partial charge in [0.1, 0.15) is 0 Å². The summed E-state index contributed by atoms with van der Waals surface area (Å²) < 4.78 is 0. The topological polar surface area (TPSA) is 75.5 Å². The lowest BCUT2D eigenvalue weighted by molar-refractivity contribution is -0.384. The average Bonchev–Trinajstić information content (AvgIpc) is 2.46. The molecule has 1 aromatic carbocycles. The maximum Gasteiger partial charge on any atom is 0.271 e. The first-order chi connectivity index (χ1) is 10.6. The van der Waals surface area contributed by atoms with E-state index in [0.717, 1.165) is 25.9 Å². The van der Waals surface area contributed by atoms with Crippen molar-refractivity contribution in [1.82, 2.24) is 4.90 Å². The molecule has 1 unspecified atom stereocenters. The minimum absolute atomic E-state index is 0.0169. The molecule has 0 bridgehead atoms. The summed E-state index contributed by atoms with van der Waals surface area (Å²) in [4.78, 5) is 24.9. The normalized spacial score (nSPS) is 18.0. The molecular formula is C16H23N3O3. The highest BCUT2D eigenvalue weighted by molar-refractivity contribution is 5.94. The summed E-state index contributed by atoms with van der Waals surface area (Å²) in [6.45, 7) is 3.77. The third-order valence-corrected chi connectivity index (χ3v) is 4.14. The molecular weight excluding hydrogens is 282 g/mol. The largest absolute Gasteiger partial charge is 0.324 e. The van der Waals surface area contributed by atoms with Crippen LogP contribution in [-0.4, -0.2) is 34.9 Å². The second-order valence-electron chi connectivity index (χ2n) is 5.78. The molecule has 0 saturated carbocycles. The zero-order valence-electron chi connectivity index (χ0n) is 13.0. The molecule has 1 saturated heterocycles. The number of carbonyl (C=O) groups is 1. The van der Waals surface area contributed by atoms with Crippen molar-refractivity contribution in [3.63, 3.8) is 0 Å². The van der Waals surface area contributed by atoms with Crippen molar-refractivity contribution in [3.05, 3.63) is 34.4 Å². The predicted octanol–water partition coefficient (Wildman–Crippen LogP) is 3.19. The van der Waals surface area contributed by atoms with Crippen molar-refractivity contribution in [1.29, 1.82) is 0 Å². The molecule has 120 valence electrons. The molecule has 1 fully saturated rings. The summed E-state index contributed by atoms with van der Waals surface area (Å²) in [7, 11) is 0. The van der Waals surface area contributed by atoms with Gasteiger partial charge in [-0.25, -0.2) is 0 Å². The van der Waals surface area contributed by atoms with Crippen LogP contribution in [0.1, 0.15) is 39.0 Å². The third-order valence-electron chi connectivity index (χ3n) is 4.14. The number of nitrogens with one attached hydrogen (secondary N) is 1. The van der Waals surface area contributed by atoms with Crippen molar-refractivity contribution in [2.75, 3.05) is 18.4 Å². The number of hydrogen-bond acceptors (Lipinski definition) is 4. The number of nitro groups is 1. The van der Waals surface area contributed by atoms with E-state index >= 15 is 0 Å². The lowest BCUT2D eigenvalue weighted by atomic mass is 10.1. The van der Waals surface area contributed by atoms with Crippen molar-refractivity contribution in [3.8, 4) is 0 Å². The molecule has 6 nitrogen and oxygen atoms in total. The molecule has 2 rings (SSSR count). The van der Waals surface area contributed by atoms with E-state index in [2.05, 4.69) is 10.2 Å². The number of rotatable bonds is 4. The van der Waals surface area contributed by atoms with E-state index in [-0.39, 0.29) is 17.6 Å². The van der Waals surface area contributed by atoms with E-state index in [0.29, 0.717) is 5.69 Å². The Balaban J connectivity index is 1.98. The van der Waals surface area contributed by atoms with Gasteiger partial charge in [0, 0.05) is 17.8 Å². The number of hydrogen-bond donors (Lipinski definition) is 1. The smallest absolute Gasteiger partial charge is 0.271 e. The maximum atomic E-state index is 12.4. The number of likely N-dealkylation sites (tertiary alicyclic amines) is 1. The second-order valence-corrected chi connectivity index (χ2v) is 5.78. The Morgan fingerprint density at radius 2 is 1.86 bits per heavy atom. The standard InChI is InChI=1S/C16H23N3O3/c1-13(18-10-5-3-2-4-6-11-18)16(20)17-14-8-7-9-15(12-14)19(21)22/h7-9,12-13H,2-6,10-11H2,1H3,(H,17,20). The quantitative estimate of drug-likeness (QED) is 0.684. The Bertz CT molecular complexity index is 525. The van der Waals surface area contributed by atoms with Crippen LogP contribution < -0.4 is 5.32 Å². The first-order valence-electron chi connectivity index (χ1n) is 7.87. The summed E-state index contributed by atoms with van der Waals surface area (Å²) in [5, 5.41) is 13.6. The van der Waals surface area contributed by atoms with Gasteiger partial charge in [-0.05, 0) is 38.9 Å². The molecule has 1 heterocycles. The molecule has 6 heteroatoms. The fourth-order valence-corrected chi connectivity index (χ4v) is 2.77. The van der Waals surface area contributed by atoms with Crippen LogP contribution in [0.25, 0.3) is 0 Å². The lowest BCUT2D eigenvalue weighted by Crippen LogP contribution is -2.43. The number of amides is 1. The number of non-ortho nitro benzene ring substituents is 1. The maximum absolute atomic E-state index is 12.4. The Labute approximate surface area is 130 Å². The van der Waals surface area contributed by atoms with Gasteiger partial charge in [0.05, 0.1) is 11.0 Å². The molecule has 1 aromatic rings. The number of anilines is 1. The molecule has 1 N–H and O–H groups in total. The zero-order chi connectivity index (χ0) is 15.9. The highest BCUT2D eigenvalue weighted by Crippen LogP contribution is 2.18. The molecule has 1 amide bonds. The minimum atomic E-state index is -0.461. The minimum Gasteiger partial charge on any atom is -0.324 e. The highest BCUT2D eigenvalue weighted by atomic mass is 16.6. The van der Waals surface area contributed by atoms with Crippen LogP contribution in [0, 0.1) is 10.1 Å². The molecule has 0 aromatic heterocycles. The summed E-state index contributed by atoms with van der Waals surface area (Å²) in [5.41, 5.74) is 0.454. The van der Waals surface area contributed by atoms with Crippen LogP contribution in [0.3, 0.4) is 0 Å². The zero-order valence-corrected chi connectivity index (χ0v) is 13.0. The Morgan fingerprint density at radius 3 is 2.50 bits per heavy atom. The van der Waals surface area contributed by atoms with Crippen molar-refractivity contribution in [2.45, 2.75) is 45.1 Å². The van der Waals surface area contributed by atoms with Crippen LogP contribution in [-0.2, 0) is 4.79 Å². The van der Waals surface area contributed by atoms with Gasteiger partial charge in [0.15, 0.2) is 0 Å². The number of benzene rings is 1. The van der Waals surface area contributed by atoms with Gasteiger partial charge >= 0.3 is 0 Å². The molecule has 0 spiro atoms. The van der Waals surface area contributed by atoms with Gasteiger partial charge in [0.25, 0.3) is 5.69 Å². The van der Waals surface area contributed by atoms with Gasteiger partial charge in [-0.1, -0.05) is 25.3 Å². The third kappa shape index (κ3) is 4.53. The number of nitro benzene ring substituents is 1. The van der Waals surface area contributed by atoms with Crippen LogP contribution in [0.5, 0.6) is 0 Å². The molecule has 1 aliphatic heterocycles. The van der Waals surface area contributed by atoms with Crippen LogP contribution >= 0.6 is 0 Å². The highest BCUT2D eigenvalue weighted by Gasteiger charge is 2.22. The molecule has 22 heavy (non-hydrogen) atoms. The van der Waals surface area contributed by atoms with Crippen LogP contribution in [0.15, 0.2) is 24.3 Å². The van der Waals surface area contributed by atoms with Gasteiger partial charge in [0.2, 0.25) is 5.91 Å². The summed E-state index contributed by atoms with van der Waals surface area (Å²) >= 11 is 0. The van der Waals surface area contributed by atoms with Crippen LogP contribution in [0.2, 0.25) is 0 Å². The van der Waals surface area contributed by atoms with Gasteiger partial charge in [-0.15, -0.1) is 0 Å². The molecule has 1 aliphatic rings. The van der Waals surface area contributed by atoms with Crippen LogP contribution in [0.4, 0.5) is 11.4 Å². The fourth-order valence-electron chi connectivity index (χ4n) is 2.77. The Morgan fingerprint density at radius 1 is 1.23 bits per heavy atom. The van der Waals surface area contributed by atoms with Crippen molar-refractivity contribution >= 4 is 17.3 Å². The first kappa shape index (κ1) is 16.4. The predicted molar refractivity (Wildman–Crippen MR) is 85.8 cm³/mol. The average molecular weight is 305 g/mol. The Kier molecular flexibility index (Phi) is 5.89. The van der Waals surface area contributed by atoms with E-state index in [4.69, 9.17) is 0 Å². The summed E-state index contributed by atoms with van der Waals surface area (Å²) in [6.07, 6.45) is 5.95. The SMILES string of the molecule is CC(C(=O)Nc1cccc([N+](=O)[O-])c1)N1CCCCCCC1. The first-order valence-corrected chi connectivity index (χ1v) is 7.87.